The largest absolute Gasteiger partial charge is 0.348 e. The molecule has 2 aromatic carbocycles. The van der Waals surface area contributed by atoms with Crippen LogP contribution in [0.3, 0.4) is 0 Å². The number of hydrogen-bond acceptors (Lipinski definition) is 3. The maximum Gasteiger partial charge on any atom is 0.326 e. The van der Waals surface area contributed by atoms with Crippen molar-refractivity contribution >= 4 is 16.9 Å². The molecule has 0 aliphatic carbocycles. The summed E-state index contributed by atoms with van der Waals surface area (Å²) in [6.07, 6.45) is 1.73. The monoisotopic (exact) mass is 404 g/mol. The van der Waals surface area contributed by atoms with Crippen LogP contribution in [0.4, 0.5) is 4.39 Å². The summed E-state index contributed by atoms with van der Waals surface area (Å²) in [5, 5.41) is 2.87. The highest BCUT2D eigenvalue weighted by Gasteiger charge is 2.12. The van der Waals surface area contributed by atoms with Gasteiger partial charge in [-0.3, -0.25) is 14.3 Å². The number of nitrogens with one attached hydrogen (secondary N) is 2. The van der Waals surface area contributed by atoms with E-state index in [0.29, 0.717) is 17.6 Å². The van der Waals surface area contributed by atoms with Crippen LogP contribution in [0.2, 0.25) is 0 Å². The van der Waals surface area contributed by atoms with Gasteiger partial charge >= 0.3 is 5.69 Å². The Labute approximate surface area is 172 Å². The van der Waals surface area contributed by atoms with Crippen LogP contribution in [0, 0.1) is 5.82 Å². The molecule has 1 atom stereocenters. The summed E-state index contributed by atoms with van der Waals surface area (Å²) in [4.78, 5) is 31.4. The van der Waals surface area contributed by atoms with Gasteiger partial charge in [0, 0.05) is 37.0 Å². The van der Waals surface area contributed by atoms with Crippen molar-refractivity contribution in [2.24, 2.45) is 7.05 Å². The highest BCUT2D eigenvalue weighted by molar-refractivity contribution is 5.97. The molecule has 0 saturated carbocycles. The number of hydrogen-bond donors (Lipinski definition) is 2. The van der Waals surface area contributed by atoms with Crippen molar-refractivity contribution in [1.82, 2.24) is 19.9 Å². The van der Waals surface area contributed by atoms with Crippen LogP contribution in [0.15, 0.2) is 65.6 Å². The third-order valence-electron chi connectivity index (χ3n) is 5.28. The predicted molar refractivity (Wildman–Crippen MR) is 113 cm³/mol. The molecule has 2 N–H and O–H groups in total. The summed E-state index contributed by atoms with van der Waals surface area (Å²) >= 11 is 0. The first-order valence-electron chi connectivity index (χ1n) is 9.59. The molecule has 0 spiro atoms. The van der Waals surface area contributed by atoms with Crippen molar-refractivity contribution in [2.45, 2.75) is 19.4 Å². The van der Waals surface area contributed by atoms with Gasteiger partial charge in [0.05, 0.1) is 11.0 Å². The van der Waals surface area contributed by atoms with Crippen molar-refractivity contribution in [3.05, 3.63) is 99.5 Å². The van der Waals surface area contributed by atoms with Crippen LogP contribution in [-0.2, 0) is 13.6 Å². The molecule has 0 aliphatic heterocycles. The highest BCUT2D eigenvalue weighted by atomic mass is 19.1. The molecule has 4 rings (SSSR count). The first kappa shape index (κ1) is 19.6. The van der Waals surface area contributed by atoms with E-state index in [4.69, 9.17) is 0 Å². The molecule has 2 aromatic heterocycles. The molecule has 0 aliphatic rings. The van der Waals surface area contributed by atoms with Gasteiger partial charge in [0.25, 0.3) is 5.91 Å². The molecule has 0 saturated heterocycles. The van der Waals surface area contributed by atoms with Gasteiger partial charge in [0.1, 0.15) is 5.82 Å². The zero-order chi connectivity index (χ0) is 21.3. The lowest BCUT2D eigenvalue weighted by Gasteiger charge is -2.12. The Hall–Kier alpha value is -3.74. The summed E-state index contributed by atoms with van der Waals surface area (Å²) in [5.74, 6) is -0.456. The number of amides is 1. The molecule has 152 valence electrons. The molecule has 4 aromatic rings. The van der Waals surface area contributed by atoms with Gasteiger partial charge in [-0.15, -0.1) is 0 Å². The van der Waals surface area contributed by atoms with Gasteiger partial charge in [-0.05, 0) is 47.5 Å². The number of aryl methyl sites for hydroxylation is 1. The normalized spacial score (nSPS) is 12.1. The van der Waals surface area contributed by atoms with Gasteiger partial charge < -0.3 is 10.3 Å². The van der Waals surface area contributed by atoms with E-state index in [1.54, 1.807) is 43.6 Å². The molecular formula is C23H21FN4O2. The number of fused-ring (bicyclic) bond motifs is 1. The Morgan fingerprint density at radius 2 is 1.93 bits per heavy atom. The van der Waals surface area contributed by atoms with Gasteiger partial charge in [-0.2, -0.15) is 0 Å². The van der Waals surface area contributed by atoms with Crippen molar-refractivity contribution in [3.8, 4) is 0 Å². The van der Waals surface area contributed by atoms with Gasteiger partial charge in [-0.25, -0.2) is 9.18 Å². The zero-order valence-electron chi connectivity index (χ0n) is 16.6. The first-order valence-corrected chi connectivity index (χ1v) is 9.59. The molecule has 6 nitrogen and oxygen atoms in total. The third kappa shape index (κ3) is 3.87. The number of aromatic amines is 1. The predicted octanol–water partition coefficient (Wildman–Crippen LogP) is 3.48. The molecule has 2 heterocycles. The molecular weight excluding hydrogens is 383 g/mol. The van der Waals surface area contributed by atoms with Crippen LogP contribution in [0.1, 0.15) is 40.0 Å². The average molecular weight is 404 g/mol. The number of imidazole rings is 1. The Morgan fingerprint density at radius 3 is 2.63 bits per heavy atom. The lowest BCUT2D eigenvalue weighted by atomic mass is 9.97. The number of carbonyl (C=O) groups excluding carboxylic acids is 1. The van der Waals surface area contributed by atoms with E-state index < -0.39 is 0 Å². The minimum Gasteiger partial charge on any atom is -0.348 e. The van der Waals surface area contributed by atoms with E-state index in [0.717, 1.165) is 22.3 Å². The van der Waals surface area contributed by atoms with Crippen molar-refractivity contribution in [1.29, 1.82) is 0 Å². The number of rotatable bonds is 5. The van der Waals surface area contributed by atoms with E-state index in [9.17, 15) is 14.0 Å². The van der Waals surface area contributed by atoms with E-state index in [2.05, 4.69) is 15.3 Å². The summed E-state index contributed by atoms with van der Waals surface area (Å²) in [6, 6.07) is 15.3. The minimum atomic E-state index is -0.261. The SMILES string of the molecule is CC(c1ccc(F)cc1)c1ccc(CNC(=O)c2ccc3c(c2)[nH]c(=O)n3C)cn1. The lowest BCUT2D eigenvalue weighted by molar-refractivity contribution is 0.0951. The maximum absolute atomic E-state index is 13.1. The van der Waals surface area contributed by atoms with Crippen molar-refractivity contribution in [2.75, 3.05) is 0 Å². The second-order valence-corrected chi connectivity index (χ2v) is 7.27. The lowest BCUT2D eigenvalue weighted by Crippen LogP contribution is -2.22. The quantitative estimate of drug-likeness (QED) is 0.534. The second kappa shape index (κ2) is 7.94. The Balaban J connectivity index is 1.42. The number of pyridine rings is 1. The third-order valence-corrected chi connectivity index (χ3v) is 5.28. The number of carbonyl (C=O) groups is 1. The topological polar surface area (TPSA) is 79.8 Å². The highest BCUT2D eigenvalue weighted by Crippen LogP contribution is 2.22. The fourth-order valence-electron chi connectivity index (χ4n) is 3.38. The molecule has 7 heteroatoms. The maximum atomic E-state index is 13.1. The summed E-state index contributed by atoms with van der Waals surface area (Å²) in [6.45, 7) is 2.35. The number of aromatic nitrogens is 3. The number of benzene rings is 2. The van der Waals surface area contributed by atoms with Crippen molar-refractivity contribution < 1.29 is 9.18 Å². The number of H-pyrrole nitrogens is 1. The Kier molecular flexibility index (Phi) is 5.18. The van der Waals surface area contributed by atoms with Gasteiger partial charge in [0.2, 0.25) is 0 Å². The first-order chi connectivity index (χ1) is 14.4. The van der Waals surface area contributed by atoms with E-state index >= 15 is 0 Å². The Morgan fingerprint density at radius 1 is 1.17 bits per heavy atom. The standard InChI is InChI=1S/C23H21FN4O2/c1-14(16-4-7-18(24)8-5-16)19-9-3-15(12-25-19)13-26-22(29)17-6-10-21-20(11-17)27-23(30)28(21)2/h3-12,14H,13H2,1-2H3,(H,26,29)(H,27,30). The second-order valence-electron chi connectivity index (χ2n) is 7.27. The van der Waals surface area contributed by atoms with E-state index in [1.807, 2.05) is 19.1 Å². The molecule has 0 radical (unpaired) electrons. The van der Waals surface area contributed by atoms with E-state index in [-0.39, 0.29) is 23.3 Å². The fraction of sp³-hybridized carbons (Fsp3) is 0.174. The molecule has 0 fully saturated rings. The smallest absolute Gasteiger partial charge is 0.326 e. The van der Waals surface area contributed by atoms with Crippen molar-refractivity contribution in [3.63, 3.8) is 0 Å². The number of nitrogens with zero attached hydrogens (tertiary/aromatic N) is 2. The average Bonchev–Trinajstić information content (AvgIpc) is 3.05. The summed E-state index contributed by atoms with van der Waals surface area (Å²) < 4.78 is 14.6. The molecule has 1 amide bonds. The van der Waals surface area contributed by atoms with Gasteiger partial charge in [0.15, 0.2) is 0 Å². The molecule has 0 bridgehead atoms. The number of halogens is 1. The molecule has 1 unspecified atom stereocenters. The van der Waals surface area contributed by atoms with Gasteiger partial charge in [-0.1, -0.05) is 25.1 Å². The van der Waals surface area contributed by atoms with Crippen LogP contribution in [0.25, 0.3) is 11.0 Å². The van der Waals surface area contributed by atoms with Crippen LogP contribution < -0.4 is 11.0 Å². The summed E-state index contributed by atoms with van der Waals surface area (Å²) in [5.41, 5.74) is 4.34. The van der Waals surface area contributed by atoms with E-state index in [1.165, 1.54) is 16.7 Å². The molecule has 30 heavy (non-hydrogen) atoms. The Bertz CT molecular complexity index is 1260. The fourth-order valence-corrected chi connectivity index (χ4v) is 3.38. The van der Waals surface area contributed by atoms with Crippen LogP contribution in [0.5, 0.6) is 0 Å². The summed E-state index contributed by atoms with van der Waals surface area (Å²) in [7, 11) is 1.68. The zero-order valence-corrected chi connectivity index (χ0v) is 16.6. The van der Waals surface area contributed by atoms with Crippen LogP contribution in [-0.4, -0.2) is 20.4 Å². The van der Waals surface area contributed by atoms with Crippen LogP contribution >= 0.6 is 0 Å². The minimum absolute atomic E-state index is 0.0361.